The summed E-state index contributed by atoms with van der Waals surface area (Å²) in [4.78, 5) is 0. The van der Waals surface area contributed by atoms with E-state index in [1.54, 1.807) is 5.57 Å². The van der Waals surface area contributed by atoms with Crippen molar-refractivity contribution in [2.45, 2.75) is 124 Å². The van der Waals surface area contributed by atoms with Gasteiger partial charge >= 0.3 is 0 Å². The van der Waals surface area contributed by atoms with Gasteiger partial charge in [-0.25, -0.2) is 0 Å². The first kappa shape index (κ1) is 24.5. The van der Waals surface area contributed by atoms with Crippen LogP contribution in [0.3, 0.4) is 0 Å². The number of nitrogens with zero attached hydrogens (tertiary/aromatic N) is 1. The molecule has 0 radical (unpaired) electrons. The van der Waals surface area contributed by atoms with Gasteiger partial charge in [0, 0.05) is 6.10 Å². The van der Waals surface area contributed by atoms with E-state index >= 15 is 0 Å². The van der Waals surface area contributed by atoms with Gasteiger partial charge in [0.05, 0.1) is 11.5 Å². The average Bonchev–Trinajstić information content (AvgIpc) is 3.05. The lowest BCUT2D eigenvalue weighted by Gasteiger charge is -2.59. The van der Waals surface area contributed by atoms with Crippen LogP contribution in [-0.4, -0.2) is 14.4 Å². The molecule has 0 aromatic carbocycles. The molecule has 0 heterocycles. The number of rotatable bonds is 3. The van der Waals surface area contributed by atoms with Gasteiger partial charge in [-0.2, -0.15) is 5.26 Å². The number of fused-ring (bicyclic) bond motifs is 5. The van der Waals surface area contributed by atoms with Crippen molar-refractivity contribution >= 4 is 8.32 Å². The second-order valence-corrected chi connectivity index (χ2v) is 19.3. The lowest BCUT2D eigenvalue weighted by atomic mass is 9.46. The average molecular weight is 456 g/mol. The standard InChI is InChI=1S/C29H49NOSi/c1-26(2,3)32(8,9)31-21-14-16-28(6)20(18-21)10-11-22-23-12-13-25(27(4,5)19-30)29(23,7)17-15-24(22)28/h10,21-25H,11-18H2,1-9H3/t21?,22-,23-,24-,25+,28-,29-/m0/s1. The summed E-state index contributed by atoms with van der Waals surface area (Å²) in [5.41, 5.74) is 2.25. The van der Waals surface area contributed by atoms with E-state index in [9.17, 15) is 5.26 Å². The summed E-state index contributed by atoms with van der Waals surface area (Å²) >= 11 is 0. The fraction of sp³-hybridized carbons (Fsp3) is 0.897. The largest absolute Gasteiger partial charge is 0.414 e. The molecule has 3 heteroatoms. The predicted octanol–water partition coefficient (Wildman–Crippen LogP) is 8.51. The van der Waals surface area contributed by atoms with E-state index in [1.807, 2.05) is 0 Å². The van der Waals surface area contributed by atoms with Crippen LogP contribution in [0.25, 0.3) is 0 Å². The van der Waals surface area contributed by atoms with Crippen LogP contribution < -0.4 is 0 Å². The van der Waals surface area contributed by atoms with Crippen molar-refractivity contribution in [3.8, 4) is 6.07 Å². The van der Waals surface area contributed by atoms with Crippen molar-refractivity contribution in [3.05, 3.63) is 11.6 Å². The first-order valence-electron chi connectivity index (χ1n) is 13.4. The third kappa shape index (κ3) is 3.67. The molecule has 0 N–H and O–H groups in total. The summed E-state index contributed by atoms with van der Waals surface area (Å²) in [7, 11) is -1.72. The van der Waals surface area contributed by atoms with E-state index in [2.05, 4.69) is 73.7 Å². The molecule has 2 nitrogen and oxygen atoms in total. The number of hydrogen-bond donors (Lipinski definition) is 0. The van der Waals surface area contributed by atoms with Gasteiger partial charge in [0.1, 0.15) is 0 Å². The Bertz CT molecular complexity index is 814. The Labute approximate surface area is 199 Å². The van der Waals surface area contributed by atoms with Gasteiger partial charge in [-0.15, -0.1) is 0 Å². The predicted molar refractivity (Wildman–Crippen MR) is 137 cm³/mol. The summed E-state index contributed by atoms with van der Waals surface area (Å²) < 4.78 is 6.89. The molecular formula is C29H49NOSi. The summed E-state index contributed by atoms with van der Waals surface area (Å²) in [6.07, 6.45) is 13.3. The highest BCUT2D eigenvalue weighted by Crippen LogP contribution is 2.68. The molecule has 0 aromatic heterocycles. The maximum Gasteiger partial charge on any atom is 0.192 e. The van der Waals surface area contributed by atoms with Crippen molar-refractivity contribution in [1.82, 2.24) is 0 Å². The van der Waals surface area contributed by atoms with Crippen LogP contribution in [0.15, 0.2) is 11.6 Å². The Kier molecular flexibility index (Phi) is 5.91. The summed E-state index contributed by atoms with van der Waals surface area (Å²) in [6, 6.07) is 2.68. The minimum atomic E-state index is -1.72. The molecule has 4 aliphatic rings. The number of nitriles is 1. The zero-order chi connectivity index (χ0) is 23.7. The van der Waals surface area contributed by atoms with Gasteiger partial charge < -0.3 is 4.43 Å². The molecule has 0 saturated heterocycles. The Morgan fingerprint density at radius 3 is 2.31 bits per heavy atom. The first-order chi connectivity index (χ1) is 14.7. The molecule has 180 valence electrons. The zero-order valence-corrected chi connectivity index (χ0v) is 23.5. The molecule has 4 aliphatic carbocycles. The maximum atomic E-state index is 9.87. The quantitative estimate of drug-likeness (QED) is 0.315. The smallest absolute Gasteiger partial charge is 0.192 e. The van der Waals surface area contributed by atoms with E-state index in [-0.39, 0.29) is 10.5 Å². The third-order valence-corrected chi connectivity index (χ3v) is 16.0. The van der Waals surface area contributed by atoms with Crippen LogP contribution in [0.4, 0.5) is 0 Å². The highest BCUT2D eigenvalue weighted by molar-refractivity contribution is 6.74. The molecule has 3 saturated carbocycles. The van der Waals surface area contributed by atoms with Crippen molar-refractivity contribution in [3.63, 3.8) is 0 Å². The number of allylic oxidation sites excluding steroid dienone is 1. The topological polar surface area (TPSA) is 33.0 Å². The zero-order valence-electron chi connectivity index (χ0n) is 22.5. The normalized spacial score (nSPS) is 42.4. The summed E-state index contributed by atoms with van der Waals surface area (Å²) in [5, 5.41) is 10.2. The van der Waals surface area contributed by atoms with E-state index in [4.69, 9.17) is 4.43 Å². The minimum Gasteiger partial charge on any atom is -0.414 e. The van der Waals surface area contributed by atoms with Crippen molar-refractivity contribution < 1.29 is 4.43 Å². The molecule has 0 aliphatic heterocycles. The molecule has 0 spiro atoms. The SMILES string of the molecule is CC(C)(C#N)[C@H]1CC[C@H]2[C@@H]3CC=C4CC(O[Si](C)(C)C(C)(C)C)CC[C@]4(C)[C@H]3CC[C@]12C. The van der Waals surface area contributed by atoms with Crippen LogP contribution in [0, 0.1) is 51.2 Å². The lowest BCUT2D eigenvalue weighted by molar-refractivity contribution is -0.0608. The molecule has 32 heavy (non-hydrogen) atoms. The van der Waals surface area contributed by atoms with Gasteiger partial charge in [0.25, 0.3) is 0 Å². The van der Waals surface area contributed by atoms with Crippen LogP contribution in [0.1, 0.15) is 99.8 Å². The molecular weight excluding hydrogens is 406 g/mol. The Morgan fingerprint density at radius 2 is 1.69 bits per heavy atom. The van der Waals surface area contributed by atoms with Crippen LogP contribution in [-0.2, 0) is 4.43 Å². The Hall–Kier alpha value is -0.593. The molecule has 0 bridgehead atoms. The van der Waals surface area contributed by atoms with Crippen molar-refractivity contribution in [1.29, 1.82) is 5.26 Å². The maximum absolute atomic E-state index is 9.87. The number of hydrogen-bond acceptors (Lipinski definition) is 2. The second-order valence-electron chi connectivity index (χ2n) is 14.5. The Balaban J connectivity index is 1.54. The van der Waals surface area contributed by atoms with Gasteiger partial charge in [-0.1, -0.05) is 46.3 Å². The lowest BCUT2D eigenvalue weighted by Crippen LogP contribution is -2.52. The monoisotopic (exact) mass is 455 g/mol. The van der Waals surface area contributed by atoms with Crippen LogP contribution in [0.5, 0.6) is 0 Å². The summed E-state index contributed by atoms with van der Waals surface area (Å²) in [5.74, 6) is 3.01. The molecule has 0 aromatic rings. The summed E-state index contributed by atoms with van der Waals surface area (Å²) in [6.45, 7) is 21.4. The van der Waals surface area contributed by atoms with Gasteiger partial charge in [0.15, 0.2) is 8.32 Å². The van der Waals surface area contributed by atoms with E-state index in [1.165, 1.54) is 44.9 Å². The van der Waals surface area contributed by atoms with Crippen molar-refractivity contribution in [2.75, 3.05) is 0 Å². The van der Waals surface area contributed by atoms with Crippen molar-refractivity contribution in [2.24, 2.45) is 39.9 Å². The van der Waals surface area contributed by atoms with E-state index < -0.39 is 8.32 Å². The van der Waals surface area contributed by atoms with E-state index in [0.717, 1.165) is 24.2 Å². The third-order valence-electron chi connectivity index (χ3n) is 11.5. The molecule has 0 amide bonds. The van der Waals surface area contributed by atoms with Crippen LogP contribution >= 0.6 is 0 Å². The van der Waals surface area contributed by atoms with E-state index in [0.29, 0.717) is 22.9 Å². The fourth-order valence-electron chi connectivity index (χ4n) is 8.58. The Morgan fingerprint density at radius 1 is 1.00 bits per heavy atom. The highest BCUT2D eigenvalue weighted by atomic mass is 28.4. The minimum absolute atomic E-state index is 0.199. The molecule has 4 rings (SSSR count). The first-order valence-corrected chi connectivity index (χ1v) is 16.4. The molecule has 7 atom stereocenters. The van der Waals surface area contributed by atoms with Gasteiger partial charge in [-0.3, -0.25) is 0 Å². The fourth-order valence-corrected chi connectivity index (χ4v) is 9.97. The van der Waals surface area contributed by atoms with Crippen LogP contribution in [0.2, 0.25) is 18.1 Å². The van der Waals surface area contributed by atoms with Gasteiger partial charge in [-0.05, 0) is 118 Å². The second kappa shape index (κ2) is 7.71. The highest BCUT2D eigenvalue weighted by Gasteiger charge is 2.61. The van der Waals surface area contributed by atoms with Gasteiger partial charge in [0.2, 0.25) is 0 Å². The molecule has 1 unspecified atom stereocenters. The molecule has 3 fully saturated rings.